The minimum absolute atomic E-state index is 0.180. The van der Waals surface area contributed by atoms with E-state index >= 15 is 0 Å². The summed E-state index contributed by atoms with van der Waals surface area (Å²) >= 11 is 0. The number of nitrogens with zero attached hydrogens (tertiary/aromatic N) is 2. The Hall–Kier alpha value is -2.21. The summed E-state index contributed by atoms with van der Waals surface area (Å²) in [6, 6.07) is 7.95. The molecule has 1 aliphatic rings. The van der Waals surface area contributed by atoms with Gasteiger partial charge in [-0.2, -0.15) is 5.10 Å². The van der Waals surface area contributed by atoms with E-state index in [2.05, 4.69) is 10.4 Å². The molecular formula is C14H14FN3O2. The largest absolute Gasteiger partial charge is 0.365 e. The summed E-state index contributed by atoms with van der Waals surface area (Å²) in [7, 11) is 1.57. The number of carbonyl (C=O) groups is 1. The molecule has 0 saturated heterocycles. The summed E-state index contributed by atoms with van der Waals surface area (Å²) in [6.45, 7) is 0.893. The van der Waals surface area contributed by atoms with E-state index in [0.29, 0.717) is 18.8 Å². The molecule has 0 spiro atoms. The van der Waals surface area contributed by atoms with Crippen molar-refractivity contribution >= 4 is 5.91 Å². The number of ether oxygens (including phenoxy) is 1. The maximum atomic E-state index is 12.9. The summed E-state index contributed by atoms with van der Waals surface area (Å²) in [5.74, 6) is -0.489. The van der Waals surface area contributed by atoms with Crippen LogP contribution in [0.5, 0.6) is 0 Å². The zero-order valence-electron chi connectivity index (χ0n) is 11.0. The minimum Gasteiger partial charge on any atom is -0.365 e. The highest BCUT2D eigenvalue weighted by atomic mass is 19.1. The van der Waals surface area contributed by atoms with Crippen molar-refractivity contribution in [2.45, 2.75) is 19.3 Å². The predicted octanol–water partition coefficient (Wildman–Crippen LogP) is 1.65. The van der Waals surface area contributed by atoms with Crippen molar-refractivity contribution in [3.63, 3.8) is 0 Å². The number of aromatic nitrogens is 2. The summed E-state index contributed by atoms with van der Waals surface area (Å²) < 4.78 is 20.4. The molecule has 0 fully saturated rings. The van der Waals surface area contributed by atoms with Gasteiger partial charge in [-0.3, -0.25) is 9.48 Å². The van der Waals surface area contributed by atoms with Gasteiger partial charge in [0.05, 0.1) is 18.8 Å². The van der Waals surface area contributed by atoms with E-state index in [-0.39, 0.29) is 17.8 Å². The lowest BCUT2D eigenvalue weighted by molar-refractivity contribution is -0.00122. The first-order chi connectivity index (χ1) is 9.67. The molecule has 5 nitrogen and oxygen atoms in total. The van der Waals surface area contributed by atoms with Crippen LogP contribution in [0.3, 0.4) is 0 Å². The molecule has 1 N–H and O–H groups in total. The monoisotopic (exact) mass is 275 g/mol. The average molecular weight is 275 g/mol. The first-order valence-corrected chi connectivity index (χ1v) is 6.33. The van der Waals surface area contributed by atoms with Gasteiger partial charge >= 0.3 is 0 Å². The maximum Gasteiger partial charge on any atom is 0.271 e. The van der Waals surface area contributed by atoms with Crippen molar-refractivity contribution in [1.29, 1.82) is 0 Å². The Balaban J connectivity index is 1.83. The molecule has 1 aliphatic heterocycles. The Kier molecular flexibility index (Phi) is 3.23. The number of fused-ring (bicyclic) bond motifs is 1. The fraction of sp³-hybridized carbons (Fsp3) is 0.286. The van der Waals surface area contributed by atoms with Crippen LogP contribution in [-0.4, -0.2) is 22.7 Å². The number of hydrogen-bond acceptors (Lipinski definition) is 3. The molecule has 1 aromatic carbocycles. The zero-order valence-corrected chi connectivity index (χ0v) is 11.0. The number of benzene rings is 1. The molecule has 20 heavy (non-hydrogen) atoms. The lowest BCUT2D eigenvalue weighted by atomic mass is 10.1. The second-order valence-electron chi connectivity index (χ2n) is 4.63. The van der Waals surface area contributed by atoms with Crippen LogP contribution >= 0.6 is 0 Å². The van der Waals surface area contributed by atoms with Gasteiger partial charge in [0.25, 0.3) is 5.91 Å². The number of rotatable bonds is 2. The molecule has 0 unspecified atom stereocenters. The molecule has 2 aromatic rings. The van der Waals surface area contributed by atoms with Crippen molar-refractivity contribution in [2.24, 2.45) is 0 Å². The number of hydrogen-bond donors (Lipinski definition) is 1. The molecule has 1 amide bonds. The molecule has 104 valence electrons. The molecule has 2 heterocycles. The normalized spacial score (nSPS) is 17.6. The van der Waals surface area contributed by atoms with Gasteiger partial charge in [-0.25, -0.2) is 4.39 Å². The number of amides is 1. The third-order valence-electron chi connectivity index (χ3n) is 3.34. The van der Waals surface area contributed by atoms with Gasteiger partial charge in [0.2, 0.25) is 0 Å². The first kappa shape index (κ1) is 12.8. The first-order valence-electron chi connectivity index (χ1n) is 6.33. The molecular weight excluding hydrogens is 261 g/mol. The lowest BCUT2D eigenvalue weighted by Crippen LogP contribution is -2.22. The topological polar surface area (TPSA) is 56.2 Å². The van der Waals surface area contributed by atoms with Crippen LogP contribution in [0, 0.1) is 5.82 Å². The van der Waals surface area contributed by atoms with Crippen LogP contribution in [0.25, 0.3) is 0 Å². The van der Waals surface area contributed by atoms with Crippen molar-refractivity contribution < 1.29 is 13.9 Å². The Bertz CT molecular complexity index is 636. The Morgan fingerprint density at radius 1 is 1.45 bits per heavy atom. The van der Waals surface area contributed by atoms with E-state index in [0.717, 1.165) is 11.3 Å². The standard InChI is InChI=1S/C14H14FN3O2/c1-16-14(19)12-6-11-8-20-13(7-18(11)17-12)9-2-4-10(15)5-3-9/h2-6,13H,7-8H2,1H3,(H,16,19)/t13-/m0/s1. The van der Waals surface area contributed by atoms with Gasteiger partial charge in [-0.1, -0.05) is 12.1 Å². The number of nitrogens with one attached hydrogen (secondary N) is 1. The van der Waals surface area contributed by atoms with Crippen LogP contribution in [0.1, 0.15) is 27.8 Å². The molecule has 3 rings (SSSR count). The fourth-order valence-electron chi connectivity index (χ4n) is 2.24. The molecule has 6 heteroatoms. The highest BCUT2D eigenvalue weighted by Gasteiger charge is 2.23. The van der Waals surface area contributed by atoms with Crippen LogP contribution in [0.4, 0.5) is 4.39 Å². The quantitative estimate of drug-likeness (QED) is 0.906. The number of halogens is 1. The van der Waals surface area contributed by atoms with Gasteiger partial charge in [-0.05, 0) is 23.8 Å². The van der Waals surface area contributed by atoms with Gasteiger partial charge < -0.3 is 10.1 Å². The molecule has 1 aromatic heterocycles. The van der Waals surface area contributed by atoms with E-state index in [1.165, 1.54) is 12.1 Å². The molecule has 1 atom stereocenters. The minimum atomic E-state index is -0.272. The third kappa shape index (κ3) is 2.30. The van der Waals surface area contributed by atoms with Crippen molar-refractivity contribution in [1.82, 2.24) is 15.1 Å². The zero-order chi connectivity index (χ0) is 14.1. The predicted molar refractivity (Wildman–Crippen MR) is 69.5 cm³/mol. The highest BCUT2D eigenvalue weighted by Crippen LogP contribution is 2.26. The number of carbonyl (C=O) groups excluding carboxylic acids is 1. The van der Waals surface area contributed by atoms with Crippen molar-refractivity contribution in [3.8, 4) is 0 Å². The molecule has 0 bridgehead atoms. The van der Waals surface area contributed by atoms with E-state index < -0.39 is 0 Å². The Labute approximate surface area is 115 Å². The Morgan fingerprint density at radius 3 is 2.90 bits per heavy atom. The van der Waals surface area contributed by atoms with Crippen LogP contribution in [0.2, 0.25) is 0 Å². The van der Waals surface area contributed by atoms with Gasteiger partial charge in [0.1, 0.15) is 11.9 Å². The average Bonchev–Trinajstić information content (AvgIpc) is 2.90. The van der Waals surface area contributed by atoms with Crippen molar-refractivity contribution in [2.75, 3.05) is 7.05 Å². The maximum absolute atomic E-state index is 12.9. The third-order valence-corrected chi connectivity index (χ3v) is 3.34. The highest BCUT2D eigenvalue weighted by molar-refractivity contribution is 5.92. The SMILES string of the molecule is CNC(=O)c1cc2n(n1)C[C@@H](c1ccc(F)cc1)OC2. The second kappa shape index (κ2) is 5.05. The second-order valence-corrected chi connectivity index (χ2v) is 4.63. The van der Waals surface area contributed by atoms with E-state index in [1.54, 1.807) is 29.9 Å². The summed E-state index contributed by atoms with van der Waals surface area (Å²) in [4.78, 5) is 11.6. The smallest absolute Gasteiger partial charge is 0.271 e. The van der Waals surface area contributed by atoms with Crippen LogP contribution in [-0.2, 0) is 17.9 Å². The van der Waals surface area contributed by atoms with Gasteiger partial charge in [0, 0.05) is 7.05 Å². The summed E-state index contributed by atoms with van der Waals surface area (Å²) in [5, 5.41) is 6.81. The van der Waals surface area contributed by atoms with E-state index in [4.69, 9.17) is 4.74 Å². The van der Waals surface area contributed by atoms with Crippen molar-refractivity contribution in [3.05, 3.63) is 53.1 Å². The van der Waals surface area contributed by atoms with E-state index in [1.807, 2.05) is 0 Å². The summed E-state index contributed by atoms with van der Waals surface area (Å²) in [6.07, 6.45) is -0.180. The molecule has 0 saturated carbocycles. The lowest BCUT2D eigenvalue weighted by Gasteiger charge is -2.24. The van der Waals surface area contributed by atoms with Crippen LogP contribution < -0.4 is 5.32 Å². The fourth-order valence-corrected chi connectivity index (χ4v) is 2.24. The van der Waals surface area contributed by atoms with E-state index in [9.17, 15) is 9.18 Å². The Morgan fingerprint density at radius 2 is 2.20 bits per heavy atom. The van der Waals surface area contributed by atoms with Crippen LogP contribution in [0.15, 0.2) is 30.3 Å². The molecule has 0 radical (unpaired) electrons. The van der Waals surface area contributed by atoms with Gasteiger partial charge in [-0.15, -0.1) is 0 Å². The molecule has 0 aliphatic carbocycles. The summed E-state index contributed by atoms with van der Waals surface area (Å²) in [5.41, 5.74) is 2.14. The van der Waals surface area contributed by atoms with Gasteiger partial charge in [0.15, 0.2) is 5.69 Å².